The molecule has 0 amide bonds. The molecule has 0 bridgehead atoms. The van der Waals surface area contributed by atoms with Crippen molar-refractivity contribution in [1.29, 1.82) is 0 Å². The van der Waals surface area contributed by atoms with E-state index in [4.69, 9.17) is 4.74 Å². The lowest BCUT2D eigenvalue weighted by Crippen LogP contribution is -1.84. The molecule has 0 aliphatic carbocycles. The average molecular weight is 228 g/mol. The first-order valence-corrected chi connectivity index (χ1v) is 7.00. The predicted octanol–water partition coefficient (Wildman–Crippen LogP) is 3.54. The average Bonchev–Trinajstić information content (AvgIpc) is 2.25. The number of hydrogen-bond donors (Lipinski definition) is 0. The zero-order valence-electron chi connectivity index (χ0n) is 8.66. The quantitative estimate of drug-likeness (QED) is 0.544. The fourth-order valence-electron chi connectivity index (χ4n) is 1.07. The molecule has 0 aromatic heterocycles. The van der Waals surface area contributed by atoms with Gasteiger partial charge in [-0.05, 0) is 48.4 Å². The zero-order chi connectivity index (χ0) is 10.2. The highest BCUT2D eigenvalue weighted by atomic mass is 32.2. The van der Waals surface area contributed by atoms with Gasteiger partial charge in [-0.2, -0.15) is 11.8 Å². The molecular formula is C11H16OS2. The van der Waals surface area contributed by atoms with Gasteiger partial charge in [-0.25, -0.2) is 0 Å². The van der Waals surface area contributed by atoms with Crippen molar-refractivity contribution in [3.63, 3.8) is 0 Å². The monoisotopic (exact) mass is 228 g/mol. The molecule has 14 heavy (non-hydrogen) atoms. The lowest BCUT2D eigenvalue weighted by atomic mass is 10.3. The third kappa shape index (κ3) is 4.29. The molecule has 78 valence electrons. The maximum Gasteiger partial charge on any atom is 0.118 e. The number of ether oxygens (including phenoxy) is 1. The second kappa shape index (κ2) is 7.07. The summed E-state index contributed by atoms with van der Waals surface area (Å²) in [6.45, 7) is 0. The van der Waals surface area contributed by atoms with Crippen LogP contribution in [0.15, 0.2) is 29.2 Å². The number of thioether (sulfide) groups is 2. The highest BCUT2D eigenvalue weighted by molar-refractivity contribution is 7.99. The molecule has 0 radical (unpaired) electrons. The van der Waals surface area contributed by atoms with Crippen LogP contribution in [0.5, 0.6) is 5.75 Å². The van der Waals surface area contributed by atoms with E-state index in [2.05, 4.69) is 18.4 Å². The van der Waals surface area contributed by atoms with Crippen molar-refractivity contribution in [2.24, 2.45) is 0 Å². The van der Waals surface area contributed by atoms with Crippen LogP contribution < -0.4 is 4.74 Å². The normalized spacial score (nSPS) is 10.1. The van der Waals surface area contributed by atoms with Gasteiger partial charge < -0.3 is 4.74 Å². The fourth-order valence-corrected chi connectivity index (χ4v) is 2.53. The van der Waals surface area contributed by atoms with Gasteiger partial charge in [0.15, 0.2) is 0 Å². The summed E-state index contributed by atoms with van der Waals surface area (Å²) in [5.74, 6) is 3.38. The lowest BCUT2D eigenvalue weighted by Gasteiger charge is -2.02. The van der Waals surface area contributed by atoms with E-state index < -0.39 is 0 Å². The van der Waals surface area contributed by atoms with Crippen LogP contribution in [0.25, 0.3) is 0 Å². The van der Waals surface area contributed by atoms with E-state index >= 15 is 0 Å². The third-order valence-corrected chi connectivity index (χ3v) is 3.62. The Morgan fingerprint density at radius 3 is 2.43 bits per heavy atom. The van der Waals surface area contributed by atoms with Crippen molar-refractivity contribution in [1.82, 2.24) is 0 Å². The van der Waals surface area contributed by atoms with Crippen LogP contribution >= 0.6 is 23.5 Å². The van der Waals surface area contributed by atoms with Crippen LogP contribution in [-0.2, 0) is 0 Å². The van der Waals surface area contributed by atoms with Crippen LogP contribution in [0.4, 0.5) is 0 Å². The molecule has 0 fully saturated rings. The van der Waals surface area contributed by atoms with Gasteiger partial charge in [0.2, 0.25) is 0 Å². The first-order chi connectivity index (χ1) is 6.86. The second-order valence-electron chi connectivity index (χ2n) is 2.87. The minimum Gasteiger partial charge on any atom is -0.497 e. The Morgan fingerprint density at radius 2 is 1.86 bits per heavy atom. The first kappa shape index (κ1) is 11.8. The summed E-state index contributed by atoms with van der Waals surface area (Å²) in [5, 5.41) is 0. The molecule has 1 aromatic rings. The van der Waals surface area contributed by atoms with Crippen molar-refractivity contribution in [3.8, 4) is 5.75 Å². The number of benzene rings is 1. The molecule has 0 saturated heterocycles. The number of methoxy groups -OCH3 is 1. The molecule has 1 rings (SSSR count). The molecule has 0 spiro atoms. The van der Waals surface area contributed by atoms with E-state index in [1.165, 1.54) is 22.8 Å². The van der Waals surface area contributed by atoms with Gasteiger partial charge in [-0.3, -0.25) is 0 Å². The Balaban J connectivity index is 2.29. The summed E-state index contributed by atoms with van der Waals surface area (Å²) in [6, 6.07) is 8.25. The first-order valence-electron chi connectivity index (χ1n) is 4.62. The van der Waals surface area contributed by atoms with Crippen molar-refractivity contribution >= 4 is 23.5 Å². The summed E-state index contributed by atoms with van der Waals surface area (Å²) in [4.78, 5) is 1.33. The molecule has 3 heteroatoms. The van der Waals surface area contributed by atoms with Gasteiger partial charge in [0, 0.05) is 4.90 Å². The maximum atomic E-state index is 5.10. The molecular weight excluding hydrogens is 212 g/mol. The van der Waals surface area contributed by atoms with Gasteiger partial charge in [0.25, 0.3) is 0 Å². The Labute approximate surface area is 94.6 Å². The molecule has 1 aromatic carbocycles. The zero-order valence-corrected chi connectivity index (χ0v) is 10.3. The third-order valence-electron chi connectivity index (χ3n) is 1.82. The predicted molar refractivity (Wildman–Crippen MR) is 66.7 cm³/mol. The van der Waals surface area contributed by atoms with Crippen LogP contribution in [-0.4, -0.2) is 24.9 Å². The van der Waals surface area contributed by atoms with Crippen LogP contribution in [0.2, 0.25) is 0 Å². The van der Waals surface area contributed by atoms with Crippen LogP contribution in [0.3, 0.4) is 0 Å². The summed E-state index contributed by atoms with van der Waals surface area (Å²) in [7, 11) is 1.70. The largest absolute Gasteiger partial charge is 0.497 e. The molecule has 0 aliphatic rings. The molecule has 0 heterocycles. The van der Waals surface area contributed by atoms with Crippen molar-refractivity contribution in [2.45, 2.75) is 11.3 Å². The molecule has 0 unspecified atom stereocenters. The SMILES string of the molecule is COc1ccc(SCCCSC)cc1. The molecule has 0 saturated carbocycles. The summed E-state index contributed by atoms with van der Waals surface area (Å²) < 4.78 is 5.10. The molecule has 0 aliphatic heterocycles. The molecule has 1 nitrogen and oxygen atoms in total. The van der Waals surface area contributed by atoms with E-state index in [0.717, 1.165) is 5.75 Å². The standard InChI is InChI=1S/C11H16OS2/c1-12-10-4-6-11(7-5-10)14-9-3-8-13-2/h4-7H,3,8-9H2,1-2H3. The minimum atomic E-state index is 0.929. The fraction of sp³-hybridized carbons (Fsp3) is 0.455. The number of hydrogen-bond acceptors (Lipinski definition) is 3. The highest BCUT2D eigenvalue weighted by Crippen LogP contribution is 2.22. The van der Waals surface area contributed by atoms with Gasteiger partial charge in [-0.15, -0.1) is 11.8 Å². The molecule has 0 atom stereocenters. The Morgan fingerprint density at radius 1 is 1.14 bits per heavy atom. The highest BCUT2D eigenvalue weighted by Gasteiger charge is 1.94. The van der Waals surface area contributed by atoms with E-state index in [0.29, 0.717) is 0 Å². The van der Waals surface area contributed by atoms with Gasteiger partial charge >= 0.3 is 0 Å². The Bertz CT molecular complexity index is 246. The minimum absolute atomic E-state index is 0.929. The van der Waals surface area contributed by atoms with E-state index in [1.54, 1.807) is 7.11 Å². The van der Waals surface area contributed by atoms with E-state index in [1.807, 2.05) is 35.7 Å². The summed E-state index contributed by atoms with van der Waals surface area (Å²) >= 11 is 3.82. The summed E-state index contributed by atoms with van der Waals surface area (Å²) in [6.07, 6.45) is 3.43. The van der Waals surface area contributed by atoms with Gasteiger partial charge in [0.05, 0.1) is 7.11 Å². The Hall–Kier alpha value is -0.280. The van der Waals surface area contributed by atoms with Gasteiger partial charge in [-0.1, -0.05) is 0 Å². The summed E-state index contributed by atoms with van der Waals surface area (Å²) in [5.41, 5.74) is 0. The maximum absolute atomic E-state index is 5.10. The van der Waals surface area contributed by atoms with Crippen LogP contribution in [0.1, 0.15) is 6.42 Å². The Kier molecular flexibility index (Phi) is 5.96. The van der Waals surface area contributed by atoms with E-state index in [9.17, 15) is 0 Å². The van der Waals surface area contributed by atoms with E-state index in [-0.39, 0.29) is 0 Å². The van der Waals surface area contributed by atoms with Crippen molar-refractivity contribution < 1.29 is 4.74 Å². The topological polar surface area (TPSA) is 9.23 Å². The second-order valence-corrected chi connectivity index (χ2v) is 5.02. The van der Waals surface area contributed by atoms with Crippen molar-refractivity contribution in [2.75, 3.05) is 24.9 Å². The molecule has 0 N–H and O–H groups in total. The lowest BCUT2D eigenvalue weighted by molar-refractivity contribution is 0.414. The number of rotatable bonds is 6. The van der Waals surface area contributed by atoms with Crippen molar-refractivity contribution in [3.05, 3.63) is 24.3 Å². The van der Waals surface area contributed by atoms with Crippen LogP contribution in [0, 0.1) is 0 Å². The van der Waals surface area contributed by atoms with Gasteiger partial charge in [0.1, 0.15) is 5.75 Å². The smallest absolute Gasteiger partial charge is 0.118 e.